The molecular formula is C14H13BrN2O3S. The second-order valence-corrected chi connectivity index (χ2v) is 6.85. The molecule has 2 rings (SSSR count). The molecule has 0 aliphatic rings. The summed E-state index contributed by atoms with van der Waals surface area (Å²) in [5, 5.41) is 10.7. The molecule has 5 nitrogen and oxygen atoms in total. The van der Waals surface area contributed by atoms with E-state index in [1.54, 1.807) is 24.3 Å². The average molecular weight is 369 g/mol. The smallest absolute Gasteiger partial charge is 0.270 e. The van der Waals surface area contributed by atoms with Crippen molar-refractivity contribution in [2.45, 2.75) is 17.6 Å². The van der Waals surface area contributed by atoms with Gasteiger partial charge in [-0.05, 0) is 36.2 Å². The molecule has 0 aliphatic heterocycles. The third kappa shape index (κ3) is 3.68. The van der Waals surface area contributed by atoms with Gasteiger partial charge < -0.3 is 5.73 Å². The highest BCUT2D eigenvalue weighted by Crippen LogP contribution is 2.26. The van der Waals surface area contributed by atoms with Crippen LogP contribution >= 0.6 is 15.9 Å². The van der Waals surface area contributed by atoms with E-state index in [9.17, 15) is 14.3 Å². The standard InChI is InChI=1S/C14H13BrN2O3S/c1-9-6-12(4-5-14(9)16)21(20)8-10-2-3-11(17(18)19)7-13(10)15/h2-7H,8,16H2,1H3. The molecule has 1 atom stereocenters. The SMILES string of the molecule is Cc1cc(S(=O)Cc2ccc([N+](=O)[O-])cc2Br)ccc1N. The summed E-state index contributed by atoms with van der Waals surface area (Å²) in [5.41, 5.74) is 8.04. The fraction of sp³-hybridized carbons (Fsp3) is 0.143. The third-order valence-corrected chi connectivity index (χ3v) is 5.13. The van der Waals surface area contributed by atoms with Gasteiger partial charge in [0.05, 0.1) is 21.5 Å². The number of non-ortho nitro benzene ring substituents is 1. The lowest BCUT2D eigenvalue weighted by Gasteiger charge is -2.07. The minimum absolute atomic E-state index is 0.000244. The number of hydrogen-bond donors (Lipinski definition) is 1. The van der Waals surface area contributed by atoms with Gasteiger partial charge in [0, 0.05) is 27.2 Å². The molecule has 0 fully saturated rings. The molecule has 0 saturated carbocycles. The second kappa shape index (κ2) is 6.36. The number of hydrogen-bond acceptors (Lipinski definition) is 4. The van der Waals surface area contributed by atoms with Crippen molar-refractivity contribution in [1.82, 2.24) is 0 Å². The van der Waals surface area contributed by atoms with Crippen molar-refractivity contribution >= 4 is 38.1 Å². The Kier molecular flexibility index (Phi) is 4.74. The summed E-state index contributed by atoms with van der Waals surface area (Å²) in [7, 11) is -1.24. The van der Waals surface area contributed by atoms with E-state index in [2.05, 4.69) is 15.9 Å². The topological polar surface area (TPSA) is 86.2 Å². The first-order valence-corrected chi connectivity index (χ1v) is 8.17. The number of nitro groups is 1. The Bertz CT molecular complexity index is 734. The molecule has 0 aromatic heterocycles. The van der Waals surface area contributed by atoms with Gasteiger partial charge in [0.2, 0.25) is 0 Å². The van der Waals surface area contributed by atoms with Gasteiger partial charge in [0.1, 0.15) is 0 Å². The van der Waals surface area contributed by atoms with Crippen LogP contribution in [0.4, 0.5) is 11.4 Å². The van der Waals surface area contributed by atoms with Crippen molar-refractivity contribution in [3.05, 3.63) is 62.1 Å². The van der Waals surface area contributed by atoms with Gasteiger partial charge >= 0.3 is 0 Å². The number of benzene rings is 2. The fourth-order valence-electron chi connectivity index (χ4n) is 1.78. The Morgan fingerprint density at radius 3 is 2.57 bits per heavy atom. The summed E-state index contributed by atoms with van der Waals surface area (Å²) >= 11 is 3.28. The lowest BCUT2D eigenvalue weighted by Crippen LogP contribution is -2.00. The summed E-state index contributed by atoms with van der Waals surface area (Å²) in [6.45, 7) is 1.86. The number of aryl methyl sites for hydroxylation is 1. The van der Waals surface area contributed by atoms with Crippen LogP contribution in [0.5, 0.6) is 0 Å². The van der Waals surface area contributed by atoms with Crippen LogP contribution in [0.25, 0.3) is 0 Å². The van der Waals surface area contributed by atoms with Crippen molar-refractivity contribution in [3.8, 4) is 0 Å². The Labute approximate surface area is 132 Å². The monoisotopic (exact) mass is 368 g/mol. The van der Waals surface area contributed by atoms with Gasteiger partial charge in [-0.2, -0.15) is 0 Å². The molecule has 0 heterocycles. The number of anilines is 1. The molecular weight excluding hydrogens is 356 g/mol. The van der Waals surface area contributed by atoms with E-state index in [-0.39, 0.29) is 11.4 Å². The van der Waals surface area contributed by atoms with E-state index >= 15 is 0 Å². The largest absolute Gasteiger partial charge is 0.399 e. The number of halogens is 1. The van der Waals surface area contributed by atoms with Crippen molar-refractivity contribution in [1.29, 1.82) is 0 Å². The molecule has 0 radical (unpaired) electrons. The van der Waals surface area contributed by atoms with Crippen LogP contribution in [0.2, 0.25) is 0 Å². The predicted molar refractivity (Wildman–Crippen MR) is 86.5 cm³/mol. The van der Waals surface area contributed by atoms with E-state index in [1.165, 1.54) is 12.1 Å². The second-order valence-electron chi connectivity index (χ2n) is 4.54. The summed E-state index contributed by atoms with van der Waals surface area (Å²) in [6, 6.07) is 9.70. The maximum atomic E-state index is 12.4. The zero-order valence-electron chi connectivity index (χ0n) is 11.2. The molecule has 2 N–H and O–H groups in total. The van der Waals surface area contributed by atoms with Gasteiger partial charge in [-0.3, -0.25) is 14.3 Å². The number of nitro benzene ring substituents is 1. The maximum absolute atomic E-state index is 12.4. The molecule has 0 spiro atoms. The summed E-state index contributed by atoms with van der Waals surface area (Å²) < 4.78 is 12.9. The van der Waals surface area contributed by atoms with Crippen LogP contribution in [0.15, 0.2) is 45.8 Å². The van der Waals surface area contributed by atoms with Crippen molar-refractivity contribution in [2.75, 3.05) is 5.73 Å². The zero-order chi connectivity index (χ0) is 15.6. The summed E-state index contributed by atoms with van der Waals surface area (Å²) in [5.74, 6) is 0.280. The molecule has 110 valence electrons. The van der Waals surface area contributed by atoms with E-state index < -0.39 is 15.7 Å². The fourth-order valence-corrected chi connectivity index (χ4v) is 3.70. The highest BCUT2D eigenvalue weighted by molar-refractivity contribution is 9.10. The van der Waals surface area contributed by atoms with Crippen molar-refractivity contribution < 1.29 is 9.13 Å². The van der Waals surface area contributed by atoms with Crippen LogP contribution in [-0.4, -0.2) is 9.13 Å². The van der Waals surface area contributed by atoms with E-state index in [1.807, 2.05) is 6.92 Å². The quantitative estimate of drug-likeness (QED) is 0.507. The minimum Gasteiger partial charge on any atom is -0.399 e. The zero-order valence-corrected chi connectivity index (χ0v) is 13.6. The number of rotatable bonds is 4. The van der Waals surface area contributed by atoms with Crippen LogP contribution in [0.1, 0.15) is 11.1 Å². The molecule has 7 heteroatoms. The molecule has 0 amide bonds. The van der Waals surface area contributed by atoms with E-state index in [0.717, 1.165) is 11.1 Å². The van der Waals surface area contributed by atoms with Gasteiger partial charge in [0.25, 0.3) is 5.69 Å². The number of nitrogens with two attached hydrogens (primary N) is 1. The van der Waals surface area contributed by atoms with Gasteiger partial charge in [0.15, 0.2) is 0 Å². The molecule has 21 heavy (non-hydrogen) atoms. The highest BCUT2D eigenvalue weighted by Gasteiger charge is 2.12. The highest BCUT2D eigenvalue weighted by atomic mass is 79.9. The summed E-state index contributed by atoms with van der Waals surface area (Å²) in [6.07, 6.45) is 0. The average Bonchev–Trinajstić information content (AvgIpc) is 2.43. The predicted octanol–water partition coefficient (Wildman–Crippen LogP) is 3.56. The lowest BCUT2D eigenvalue weighted by atomic mass is 10.2. The molecule has 0 saturated heterocycles. The first-order valence-electron chi connectivity index (χ1n) is 6.06. The Morgan fingerprint density at radius 1 is 1.29 bits per heavy atom. The summed E-state index contributed by atoms with van der Waals surface area (Å²) in [4.78, 5) is 10.9. The van der Waals surface area contributed by atoms with Crippen LogP contribution in [0.3, 0.4) is 0 Å². The van der Waals surface area contributed by atoms with Gasteiger partial charge in [-0.15, -0.1) is 0 Å². The molecule has 0 bridgehead atoms. The Hall–Kier alpha value is -1.73. The number of nitrogen functional groups attached to an aromatic ring is 1. The van der Waals surface area contributed by atoms with Crippen molar-refractivity contribution in [2.24, 2.45) is 0 Å². The molecule has 0 aliphatic carbocycles. The van der Waals surface area contributed by atoms with Crippen LogP contribution in [-0.2, 0) is 16.6 Å². The minimum atomic E-state index is -1.24. The molecule has 2 aromatic rings. The van der Waals surface area contributed by atoms with Crippen molar-refractivity contribution in [3.63, 3.8) is 0 Å². The lowest BCUT2D eigenvalue weighted by molar-refractivity contribution is -0.384. The molecule has 1 unspecified atom stereocenters. The molecule has 2 aromatic carbocycles. The first kappa shape index (κ1) is 15.7. The van der Waals surface area contributed by atoms with Gasteiger partial charge in [-0.1, -0.05) is 22.0 Å². The number of nitrogens with zero attached hydrogens (tertiary/aromatic N) is 1. The van der Waals surface area contributed by atoms with E-state index in [0.29, 0.717) is 15.1 Å². The normalized spacial score (nSPS) is 12.1. The Morgan fingerprint density at radius 2 is 2.00 bits per heavy atom. The van der Waals surface area contributed by atoms with Gasteiger partial charge in [-0.25, -0.2) is 0 Å². The Balaban J connectivity index is 2.23. The van der Waals surface area contributed by atoms with Crippen LogP contribution < -0.4 is 5.73 Å². The van der Waals surface area contributed by atoms with Crippen LogP contribution in [0, 0.1) is 17.0 Å². The first-order chi connectivity index (χ1) is 9.88. The van der Waals surface area contributed by atoms with E-state index in [4.69, 9.17) is 5.73 Å². The maximum Gasteiger partial charge on any atom is 0.270 e. The third-order valence-electron chi connectivity index (χ3n) is 3.04.